The highest BCUT2D eigenvalue weighted by molar-refractivity contribution is 7.12. The van der Waals surface area contributed by atoms with E-state index in [9.17, 15) is 9.90 Å². The number of nitrogens with one attached hydrogen (secondary N) is 1. The van der Waals surface area contributed by atoms with E-state index in [0.717, 1.165) is 11.0 Å². The molecule has 164 valence electrons. The first kappa shape index (κ1) is 22.9. The number of aliphatic hydroxyl groups is 1. The molecule has 4 nitrogen and oxygen atoms in total. The lowest BCUT2D eigenvalue weighted by Gasteiger charge is -2.32. The summed E-state index contributed by atoms with van der Waals surface area (Å²) in [6.07, 6.45) is 0. The van der Waals surface area contributed by atoms with Crippen LogP contribution in [0.25, 0.3) is 0 Å². The SMILES string of the molecule is C[N+]1(Cc2ccccc2)CC2C(CNC(=O)C(O)(c3cccs3)c3cccs3)C2C1.[I-]. The van der Waals surface area contributed by atoms with E-state index in [1.165, 1.54) is 41.3 Å². The molecule has 3 aromatic rings. The number of amides is 1. The zero-order valence-electron chi connectivity index (χ0n) is 17.4. The quantitative estimate of drug-likeness (QED) is 0.327. The lowest BCUT2D eigenvalue weighted by molar-refractivity contribution is -0.916. The second-order valence-corrected chi connectivity index (χ2v) is 10.9. The minimum atomic E-state index is -1.59. The Bertz CT molecular complexity index is 961. The van der Waals surface area contributed by atoms with Crippen molar-refractivity contribution in [1.82, 2.24) is 5.32 Å². The van der Waals surface area contributed by atoms with Crippen molar-refractivity contribution < 1.29 is 38.4 Å². The van der Waals surface area contributed by atoms with E-state index in [-0.39, 0.29) is 29.9 Å². The predicted molar refractivity (Wildman–Crippen MR) is 121 cm³/mol. The number of benzene rings is 1. The van der Waals surface area contributed by atoms with Crippen molar-refractivity contribution in [1.29, 1.82) is 0 Å². The topological polar surface area (TPSA) is 49.3 Å². The second kappa shape index (κ2) is 8.94. The summed E-state index contributed by atoms with van der Waals surface area (Å²) < 4.78 is 1.08. The van der Waals surface area contributed by atoms with Gasteiger partial charge < -0.3 is 38.9 Å². The van der Waals surface area contributed by atoms with Crippen molar-refractivity contribution >= 4 is 28.6 Å². The molecule has 2 atom stereocenters. The number of hydrogen-bond donors (Lipinski definition) is 2. The average Bonchev–Trinajstić information content (AvgIpc) is 3.30. The number of halogens is 1. The number of fused-ring (bicyclic) bond motifs is 1. The summed E-state index contributed by atoms with van der Waals surface area (Å²) in [5.41, 5.74) is -0.201. The molecule has 2 aromatic heterocycles. The fourth-order valence-electron chi connectivity index (χ4n) is 5.27. The molecule has 3 heterocycles. The van der Waals surface area contributed by atoms with Crippen LogP contribution in [0.3, 0.4) is 0 Å². The molecule has 31 heavy (non-hydrogen) atoms. The molecule has 5 rings (SSSR count). The summed E-state index contributed by atoms with van der Waals surface area (Å²) in [7, 11) is 2.35. The van der Waals surface area contributed by atoms with Crippen molar-refractivity contribution in [3.63, 3.8) is 0 Å². The van der Waals surface area contributed by atoms with Gasteiger partial charge in [0.25, 0.3) is 5.91 Å². The number of nitrogens with zero attached hydrogens (tertiary/aromatic N) is 1. The van der Waals surface area contributed by atoms with Gasteiger partial charge in [-0.3, -0.25) is 4.79 Å². The molecule has 1 saturated carbocycles. The Kier molecular flexibility index (Phi) is 6.61. The van der Waals surface area contributed by atoms with E-state index in [4.69, 9.17) is 0 Å². The Morgan fingerprint density at radius 2 is 1.61 bits per heavy atom. The number of carbonyl (C=O) groups excluding carboxylic acids is 1. The molecule has 0 spiro atoms. The van der Waals surface area contributed by atoms with Crippen molar-refractivity contribution in [2.75, 3.05) is 26.7 Å². The summed E-state index contributed by atoms with van der Waals surface area (Å²) in [5.74, 6) is 1.58. The van der Waals surface area contributed by atoms with E-state index in [0.29, 0.717) is 34.1 Å². The lowest BCUT2D eigenvalue weighted by atomic mass is 9.98. The summed E-state index contributed by atoms with van der Waals surface area (Å²) in [6, 6.07) is 18.1. The van der Waals surface area contributed by atoms with Gasteiger partial charge in [0, 0.05) is 23.9 Å². The van der Waals surface area contributed by atoms with Gasteiger partial charge >= 0.3 is 0 Å². The van der Waals surface area contributed by atoms with Crippen LogP contribution in [0.1, 0.15) is 15.3 Å². The molecule has 0 bridgehead atoms. The Balaban J connectivity index is 0.00000231. The number of likely N-dealkylation sites (tertiary alicyclic amines) is 1. The molecule has 2 aliphatic rings. The third kappa shape index (κ3) is 4.35. The molecule has 1 aromatic carbocycles. The van der Waals surface area contributed by atoms with Crippen LogP contribution in [0.5, 0.6) is 0 Å². The fourth-order valence-corrected chi connectivity index (χ4v) is 7.00. The molecular formula is C24H27IN2O2S2. The van der Waals surface area contributed by atoms with Gasteiger partial charge in [-0.25, -0.2) is 0 Å². The molecule has 1 amide bonds. The van der Waals surface area contributed by atoms with Crippen LogP contribution in [0, 0.1) is 17.8 Å². The van der Waals surface area contributed by atoms with Crippen LogP contribution in [0.4, 0.5) is 0 Å². The van der Waals surface area contributed by atoms with Gasteiger partial charge in [0.05, 0.1) is 29.9 Å². The second-order valence-electron chi connectivity index (χ2n) is 8.99. The Morgan fingerprint density at radius 1 is 1.03 bits per heavy atom. The fraction of sp³-hybridized carbons (Fsp3) is 0.375. The Morgan fingerprint density at radius 3 is 2.13 bits per heavy atom. The molecule has 2 fully saturated rings. The van der Waals surface area contributed by atoms with Crippen molar-refractivity contribution in [3.8, 4) is 0 Å². The summed E-state index contributed by atoms with van der Waals surface area (Å²) in [4.78, 5) is 14.5. The summed E-state index contributed by atoms with van der Waals surface area (Å²) in [5, 5.41) is 18.3. The van der Waals surface area contributed by atoms with Gasteiger partial charge in [-0.05, 0) is 28.8 Å². The maximum atomic E-state index is 13.1. The molecule has 7 heteroatoms. The van der Waals surface area contributed by atoms with Crippen molar-refractivity contribution in [3.05, 3.63) is 80.7 Å². The van der Waals surface area contributed by atoms with E-state index in [1.54, 1.807) is 0 Å². The Labute approximate surface area is 208 Å². The van der Waals surface area contributed by atoms with E-state index in [2.05, 4.69) is 42.7 Å². The van der Waals surface area contributed by atoms with Crippen LogP contribution in [-0.4, -0.2) is 42.2 Å². The van der Waals surface area contributed by atoms with Crippen LogP contribution in [-0.2, 0) is 16.9 Å². The zero-order valence-corrected chi connectivity index (χ0v) is 21.2. The third-order valence-corrected chi connectivity index (χ3v) is 8.76. The lowest BCUT2D eigenvalue weighted by Crippen LogP contribution is -3.00. The molecule has 2 unspecified atom stereocenters. The van der Waals surface area contributed by atoms with Gasteiger partial charge in [0.1, 0.15) is 6.54 Å². The van der Waals surface area contributed by atoms with Gasteiger partial charge in [-0.1, -0.05) is 42.5 Å². The highest BCUT2D eigenvalue weighted by Gasteiger charge is 2.61. The minimum Gasteiger partial charge on any atom is -1.00 e. The first-order valence-corrected chi connectivity index (χ1v) is 12.2. The van der Waals surface area contributed by atoms with Gasteiger partial charge in [-0.2, -0.15) is 0 Å². The van der Waals surface area contributed by atoms with E-state index >= 15 is 0 Å². The number of quaternary nitrogens is 1. The average molecular weight is 567 g/mol. The minimum absolute atomic E-state index is 0. The van der Waals surface area contributed by atoms with Crippen LogP contribution >= 0.6 is 22.7 Å². The number of carbonyl (C=O) groups is 1. The van der Waals surface area contributed by atoms with E-state index in [1.807, 2.05) is 35.0 Å². The van der Waals surface area contributed by atoms with Gasteiger partial charge in [0.15, 0.2) is 0 Å². The largest absolute Gasteiger partial charge is 1.00 e. The molecule has 1 saturated heterocycles. The Hall–Kier alpha value is -1.26. The molecule has 1 aliphatic carbocycles. The molecule has 2 N–H and O–H groups in total. The molecule has 0 radical (unpaired) electrons. The monoisotopic (exact) mass is 566 g/mol. The number of rotatable bonds is 7. The normalized spacial score (nSPS) is 26.7. The summed E-state index contributed by atoms with van der Waals surface area (Å²) >= 11 is 2.83. The first-order valence-electron chi connectivity index (χ1n) is 10.5. The molecular weight excluding hydrogens is 539 g/mol. The highest BCUT2D eigenvalue weighted by Crippen LogP contribution is 2.54. The highest BCUT2D eigenvalue weighted by atomic mass is 127. The molecule has 1 aliphatic heterocycles. The smallest absolute Gasteiger partial charge is 0.263 e. The van der Waals surface area contributed by atoms with Gasteiger partial charge in [-0.15, -0.1) is 22.7 Å². The first-order chi connectivity index (χ1) is 14.5. The van der Waals surface area contributed by atoms with Crippen LogP contribution in [0.2, 0.25) is 0 Å². The van der Waals surface area contributed by atoms with Gasteiger partial charge in [0.2, 0.25) is 5.60 Å². The summed E-state index contributed by atoms with van der Waals surface area (Å²) in [6.45, 7) is 4.06. The van der Waals surface area contributed by atoms with Crippen molar-refractivity contribution in [2.45, 2.75) is 12.1 Å². The van der Waals surface area contributed by atoms with Crippen LogP contribution in [0.15, 0.2) is 65.4 Å². The maximum absolute atomic E-state index is 13.1. The van der Waals surface area contributed by atoms with Crippen LogP contribution < -0.4 is 29.3 Å². The number of hydrogen-bond acceptors (Lipinski definition) is 4. The number of piperidine rings is 1. The van der Waals surface area contributed by atoms with E-state index < -0.39 is 5.60 Å². The third-order valence-electron chi connectivity index (χ3n) is 6.80. The standard InChI is InChI=1S/C24H26N2O2S2.HI/c1-26(14-17-7-3-2-4-8-17)15-19-18(20(19)16-26)13-25-23(27)24(28,21-9-5-11-29-21)22-10-6-12-30-22;/h2-12,18-20,28H,13-16H2,1H3;1H. The number of thiophene rings is 2. The van der Waals surface area contributed by atoms with Crippen molar-refractivity contribution in [2.24, 2.45) is 17.8 Å². The maximum Gasteiger partial charge on any atom is 0.263 e. The zero-order chi connectivity index (χ0) is 20.8. The predicted octanol–water partition coefficient (Wildman–Crippen LogP) is 0.688.